The minimum atomic E-state index is -3.25. The largest absolute Gasteiger partial charge is 0.267 e. The van der Waals surface area contributed by atoms with Crippen molar-refractivity contribution in [2.24, 2.45) is 11.8 Å². The third-order valence-corrected chi connectivity index (χ3v) is 3.17. The van der Waals surface area contributed by atoms with Crippen molar-refractivity contribution in [1.82, 2.24) is 0 Å². The highest BCUT2D eigenvalue weighted by atomic mass is 32.2. The van der Waals surface area contributed by atoms with E-state index in [4.69, 9.17) is 4.18 Å². The van der Waals surface area contributed by atoms with Crippen LogP contribution in [-0.2, 0) is 14.3 Å². The molecule has 0 bridgehead atoms. The van der Waals surface area contributed by atoms with Crippen LogP contribution in [0, 0.1) is 11.8 Å². The molecule has 72 valence electrons. The van der Waals surface area contributed by atoms with Crippen molar-refractivity contribution in [3.8, 4) is 0 Å². The predicted octanol–water partition coefficient (Wildman–Crippen LogP) is 1.40. The van der Waals surface area contributed by atoms with Crippen LogP contribution in [0.2, 0.25) is 0 Å². The first kappa shape index (κ1) is 9.99. The Balaban J connectivity index is 2.48. The molecule has 0 aromatic rings. The molecular weight excluding hydrogens is 176 g/mol. The van der Waals surface area contributed by atoms with Crippen LogP contribution in [0.25, 0.3) is 0 Å². The molecule has 4 heteroatoms. The molecule has 3 nitrogen and oxygen atoms in total. The number of hydrogen-bond acceptors (Lipinski definition) is 3. The Labute approximate surface area is 74.2 Å². The van der Waals surface area contributed by atoms with Crippen molar-refractivity contribution in [3.05, 3.63) is 0 Å². The molecule has 1 saturated carbocycles. The highest BCUT2D eigenvalue weighted by Crippen LogP contribution is 2.33. The molecule has 1 rings (SSSR count). The Kier molecular flexibility index (Phi) is 2.78. The Morgan fingerprint density at radius 1 is 1.17 bits per heavy atom. The molecule has 0 aromatic heterocycles. The van der Waals surface area contributed by atoms with E-state index < -0.39 is 10.1 Å². The molecule has 0 N–H and O–H groups in total. The summed E-state index contributed by atoms with van der Waals surface area (Å²) in [6.45, 7) is 4.27. The average Bonchev–Trinajstić information content (AvgIpc) is 2.07. The Morgan fingerprint density at radius 3 is 1.92 bits per heavy atom. The van der Waals surface area contributed by atoms with Gasteiger partial charge in [-0.1, -0.05) is 13.8 Å². The zero-order valence-corrected chi connectivity index (χ0v) is 8.60. The highest BCUT2D eigenvalue weighted by Gasteiger charge is 2.30. The summed E-state index contributed by atoms with van der Waals surface area (Å²) in [5.74, 6) is 1.16. The Bertz CT molecular complexity index is 235. The molecule has 1 aliphatic carbocycles. The van der Waals surface area contributed by atoms with E-state index in [1.807, 2.05) is 0 Å². The second-order valence-corrected chi connectivity index (χ2v) is 5.45. The van der Waals surface area contributed by atoms with E-state index >= 15 is 0 Å². The van der Waals surface area contributed by atoms with E-state index in [0.29, 0.717) is 11.8 Å². The third kappa shape index (κ3) is 2.75. The van der Waals surface area contributed by atoms with Crippen molar-refractivity contribution in [2.45, 2.75) is 32.8 Å². The summed E-state index contributed by atoms with van der Waals surface area (Å²) in [7, 11) is -3.25. The maximum Gasteiger partial charge on any atom is 0.264 e. The molecular formula is C8H16O3S. The van der Waals surface area contributed by atoms with Crippen molar-refractivity contribution < 1.29 is 12.6 Å². The van der Waals surface area contributed by atoms with Gasteiger partial charge in [-0.25, -0.2) is 0 Å². The number of rotatable bonds is 2. The van der Waals surface area contributed by atoms with Crippen LogP contribution >= 0.6 is 0 Å². The summed E-state index contributed by atoms with van der Waals surface area (Å²) in [6, 6.07) is 0. The van der Waals surface area contributed by atoms with Crippen LogP contribution in [0.15, 0.2) is 0 Å². The van der Waals surface area contributed by atoms with Gasteiger partial charge >= 0.3 is 0 Å². The van der Waals surface area contributed by atoms with Gasteiger partial charge in [-0.2, -0.15) is 8.42 Å². The monoisotopic (exact) mass is 192 g/mol. The molecule has 0 aliphatic heterocycles. The van der Waals surface area contributed by atoms with Crippen LogP contribution in [0.1, 0.15) is 26.7 Å². The van der Waals surface area contributed by atoms with Gasteiger partial charge in [0.1, 0.15) is 0 Å². The topological polar surface area (TPSA) is 43.4 Å². The molecule has 0 amide bonds. The zero-order chi connectivity index (χ0) is 9.35. The molecule has 1 fully saturated rings. The van der Waals surface area contributed by atoms with Gasteiger partial charge in [0.15, 0.2) is 0 Å². The minimum absolute atomic E-state index is 0.0787. The third-order valence-electron chi connectivity index (χ3n) is 2.55. The van der Waals surface area contributed by atoms with Crippen LogP contribution < -0.4 is 0 Å². The first-order chi connectivity index (χ1) is 5.38. The Morgan fingerprint density at radius 2 is 1.58 bits per heavy atom. The van der Waals surface area contributed by atoms with Crippen molar-refractivity contribution in [1.29, 1.82) is 0 Å². The van der Waals surface area contributed by atoms with Crippen molar-refractivity contribution in [3.63, 3.8) is 0 Å². The molecule has 0 aromatic carbocycles. The standard InChI is InChI=1S/C8H16O3S/c1-6-4-8(5-7(6)2)11-12(3,9)10/h6-8H,4-5H2,1-3H3/t6-,7?,8+/m0/s1. The van der Waals surface area contributed by atoms with Gasteiger partial charge in [-0.3, -0.25) is 4.18 Å². The van der Waals surface area contributed by atoms with Gasteiger partial charge in [0.2, 0.25) is 0 Å². The zero-order valence-electron chi connectivity index (χ0n) is 7.78. The van der Waals surface area contributed by atoms with Crippen molar-refractivity contribution in [2.75, 3.05) is 6.26 Å². The van der Waals surface area contributed by atoms with Crippen molar-refractivity contribution >= 4 is 10.1 Å². The molecule has 12 heavy (non-hydrogen) atoms. The predicted molar refractivity (Wildman–Crippen MR) is 47.3 cm³/mol. The molecule has 1 aliphatic rings. The highest BCUT2D eigenvalue weighted by molar-refractivity contribution is 7.86. The summed E-state index contributed by atoms with van der Waals surface area (Å²) >= 11 is 0. The maximum absolute atomic E-state index is 10.8. The van der Waals surface area contributed by atoms with E-state index in [-0.39, 0.29) is 6.10 Å². The average molecular weight is 192 g/mol. The van der Waals surface area contributed by atoms with Gasteiger partial charge < -0.3 is 0 Å². The van der Waals surface area contributed by atoms with E-state index in [1.54, 1.807) is 0 Å². The molecule has 0 heterocycles. The quantitative estimate of drug-likeness (QED) is 0.621. The molecule has 0 radical (unpaired) electrons. The van der Waals surface area contributed by atoms with Crippen LogP contribution in [0.4, 0.5) is 0 Å². The summed E-state index contributed by atoms with van der Waals surface area (Å²) in [4.78, 5) is 0. The van der Waals surface area contributed by atoms with E-state index in [9.17, 15) is 8.42 Å². The van der Waals surface area contributed by atoms with Gasteiger partial charge in [-0.15, -0.1) is 0 Å². The van der Waals surface area contributed by atoms with E-state index in [1.165, 1.54) is 0 Å². The number of hydrogen-bond donors (Lipinski definition) is 0. The summed E-state index contributed by atoms with van der Waals surface area (Å²) in [5, 5.41) is 0. The second-order valence-electron chi connectivity index (χ2n) is 3.85. The lowest BCUT2D eigenvalue weighted by Crippen LogP contribution is -2.14. The second kappa shape index (κ2) is 3.34. The van der Waals surface area contributed by atoms with Crippen LogP contribution in [-0.4, -0.2) is 20.8 Å². The summed E-state index contributed by atoms with van der Waals surface area (Å²) in [5.41, 5.74) is 0. The summed E-state index contributed by atoms with van der Waals surface area (Å²) < 4.78 is 26.5. The first-order valence-corrected chi connectivity index (χ1v) is 6.08. The normalized spacial score (nSPS) is 37.1. The summed E-state index contributed by atoms with van der Waals surface area (Å²) in [6.07, 6.45) is 2.77. The van der Waals surface area contributed by atoms with Gasteiger partial charge in [0.25, 0.3) is 10.1 Å². The van der Waals surface area contributed by atoms with Gasteiger partial charge in [0, 0.05) is 0 Å². The lowest BCUT2D eigenvalue weighted by atomic mass is 10.0. The van der Waals surface area contributed by atoms with E-state index in [0.717, 1.165) is 19.1 Å². The molecule has 0 spiro atoms. The van der Waals surface area contributed by atoms with Gasteiger partial charge in [-0.05, 0) is 24.7 Å². The SMILES string of the molecule is CC1C[C@H](OS(C)(=O)=O)C[C@@H]1C. The molecule has 3 atom stereocenters. The lowest BCUT2D eigenvalue weighted by Gasteiger charge is -2.07. The Hall–Kier alpha value is -0.0900. The fourth-order valence-corrected chi connectivity index (χ4v) is 2.37. The minimum Gasteiger partial charge on any atom is -0.267 e. The first-order valence-electron chi connectivity index (χ1n) is 4.26. The van der Waals surface area contributed by atoms with Crippen LogP contribution in [0.3, 0.4) is 0 Å². The molecule has 1 unspecified atom stereocenters. The fraction of sp³-hybridized carbons (Fsp3) is 1.00. The fourth-order valence-electron chi connectivity index (χ4n) is 1.72. The molecule has 0 saturated heterocycles. The van der Waals surface area contributed by atoms with E-state index in [2.05, 4.69) is 13.8 Å². The lowest BCUT2D eigenvalue weighted by molar-refractivity contribution is 0.213. The van der Waals surface area contributed by atoms with Crippen LogP contribution in [0.5, 0.6) is 0 Å². The maximum atomic E-state index is 10.8. The van der Waals surface area contributed by atoms with Gasteiger partial charge in [0.05, 0.1) is 12.4 Å². The smallest absolute Gasteiger partial charge is 0.264 e.